The zero-order chi connectivity index (χ0) is 13.9. The Balaban J connectivity index is 1.60. The standard InChI is InChI=1S/C16H23N3S/c1-12(16-8-5-11-20-16)17-9-10-19-13(2)18-14-6-3-4-7-15(14)19/h5,8,11-12,17H,3-4,6-7,9-10H2,1-2H3. The summed E-state index contributed by atoms with van der Waals surface area (Å²) >= 11 is 1.82. The van der Waals surface area contributed by atoms with Crippen LogP contribution in [0, 0.1) is 6.92 Å². The Labute approximate surface area is 125 Å². The van der Waals surface area contributed by atoms with Gasteiger partial charge in [-0.15, -0.1) is 11.3 Å². The van der Waals surface area contributed by atoms with E-state index in [0.717, 1.165) is 13.1 Å². The number of nitrogens with one attached hydrogen (secondary N) is 1. The lowest BCUT2D eigenvalue weighted by Crippen LogP contribution is -2.24. The van der Waals surface area contributed by atoms with Gasteiger partial charge in [0.15, 0.2) is 0 Å². The van der Waals surface area contributed by atoms with Gasteiger partial charge in [-0.1, -0.05) is 6.07 Å². The molecule has 4 heteroatoms. The second-order valence-electron chi connectivity index (χ2n) is 5.60. The maximum Gasteiger partial charge on any atom is 0.106 e. The van der Waals surface area contributed by atoms with E-state index in [-0.39, 0.29) is 0 Å². The van der Waals surface area contributed by atoms with Crippen molar-refractivity contribution in [1.29, 1.82) is 0 Å². The maximum atomic E-state index is 4.74. The molecule has 108 valence electrons. The van der Waals surface area contributed by atoms with E-state index in [0.29, 0.717) is 6.04 Å². The van der Waals surface area contributed by atoms with Crippen molar-refractivity contribution in [3.8, 4) is 0 Å². The minimum atomic E-state index is 0.439. The Hall–Kier alpha value is -1.13. The lowest BCUT2D eigenvalue weighted by Gasteiger charge is -2.17. The van der Waals surface area contributed by atoms with Crippen LogP contribution in [0.15, 0.2) is 17.5 Å². The summed E-state index contributed by atoms with van der Waals surface area (Å²) in [6.45, 7) is 6.41. The quantitative estimate of drug-likeness (QED) is 0.913. The number of nitrogens with zero attached hydrogens (tertiary/aromatic N) is 2. The normalized spacial score (nSPS) is 16.1. The van der Waals surface area contributed by atoms with Crippen molar-refractivity contribution in [1.82, 2.24) is 14.9 Å². The number of rotatable bonds is 5. The molecule has 2 aromatic rings. The molecule has 0 aromatic carbocycles. The van der Waals surface area contributed by atoms with Gasteiger partial charge in [0.05, 0.1) is 5.69 Å². The highest BCUT2D eigenvalue weighted by Gasteiger charge is 2.17. The third kappa shape index (κ3) is 2.81. The van der Waals surface area contributed by atoms with Crippen LogP contribution < -0.4 is 5.32 Å². The molecule has 3 nitrogen and oxygen atoms in total. The molecular weight excluding hydrogens is 266 g/mol. The van der Waals surface area contributed by atoms with Crippen LogP contribution in [0.5, 0.6) is 0 Å². The van der Waals surface area contributed by atoms with Gasteiger partial charge in [0.1, 0.15) is 5.82 Å². The number of imidazole rings is 1. The third-order valence-corrected chi connectivity index (χ3v) is 5.23. The molecule has 1 atom stereocenters. The highest BCUT2D eigenvalue weighted by molar-refractivity contribution is 7.10. The minimum Gasteiger partial charge on any atom is -0.331 e. The van der Waals surface area contributed by atoms with Crippen LogP contribution in [0.25, 0.3) is 0 Å². The van der Waals surface area contributed by atoms with Gasteiger partial charge < -0.3 is 9.88 Å². The first-order chi connectivity index (χ1) is 9.75. The molecule has 3 rings (SSSR count). The van der Waals surface area contributed by atoms with Gasteiger partial charge in [0, 0.05) is 29.7 Å². The fraction of sp³-hybridized carbons (Fsp3) is 0.562. The van der Waals surface area contributed by atoms with Gasteiger partial charge in [-0.2, -0.15) is 0 Å². The minimum absolute atomic E-state index is 0.439. The zero-order valence-electron chi connectivity index (χ0n) is 12.4. The molecule has 0 radical (unpaired) electrons. The number of hydrogen-bond donors (Lipinski definition) is 1. The lowest BCUT2D eigenvalue weighted by molar-refractivity contribution is 0.515. The van der Waals surface area contributed by atoms with E-state index in [4.69, 9.17) is 4.98 Å². The first-order valence-electron chi connectivity index (χ1n) is 7.57. The molecule has 1 aliphatic rings. The molecule has 0 aliphatic heterocycles. The number of aromatic nitrogens is 2. The van der Waals surface area contributed by atoms with E-state index >= 15 is 0 Å². The van der Waals surface area contributed by atoms with Crippen molar-refractivity contribution in [2.45, 2.75) is 52.1 Å². The molecule has 0 fully saturated rings. The van der Waals surface area contributed by atoms with Gasteiger partial charge in [-0.25, -0.2) is 4.98 Å². The second-order valence-corrected chi connectivity index (χ2v) is 6.58. The fourth-order valence-corrected chi connectivity index (χ4v) is 3.82. The van der Waals surface area contributed by atoms with Crippen LogP contribution in [0.3, 0.4) is 0 Å². The summed E-state index contributed by atoms with van der Waals surface area (Å²) in [7, 11) is 0. The summed E-state index contributed by atoms with van der Waals surface area (Å²) in [5.41, 5.74) is 2.83. The number of thiophene rings is 1. The third-order valence-electron chi connectivity index (χ3n) is 4.18. The molecule has 2 aromatic heterocycles. The first-order valence-corrected chi connectivity index (χ1v) is 8.45. The average Bonchev–Trinajstić information content (AvgIpc) is 3.07. The van der Waals surface area contributed by atoms with Crippen molar-refractivity contribution in [2.24, 2.45) is 0 Å². The summed E-state index contributed by atoms with van der Waals surface area (Å²) in [6.07, 6.45) is 4.99. The monoisotopic (exact) mass is 289 g/mol. The average molecular weight is 289 g/mol. The number of hydrogen-bond acceptors (Lipinski definition) is 3. The highest BCUT2D eigenvalue weighted by atomic mass is 32.1. The predicted molar refractivity (Wildman–Crippen MR) is 84.3 cm³/mol. The zero-order valence-corrected chi connectivity index (χ0v) is 13.2. The Kier molecular flexibility index (Phi) is 4.22. The Morgan fingerprint density at radius 3 is 3.05 bits per heavy atom. The van der Waals surface area contributed by atoms with Gasteiger partial charge in [-0.3, -0.25) is 0 Å². The van der Waals surface area contributed by atoms with Crippen LogP contribution in [-0.2, 0) is 19.4 Å². The van der Waals surface area contributed by atoms with Gasteiger partial charge >= 0.3 is 0 Å². The Bertz CT molecular complexity index is 557. The van der Waals surface area contributed by atoms with Gasteiger partial charge in [0.25, 0.3) is 0 Å². The van der Waals surface area contributed by atoms with E-state index in [9.17, 15) is 0 Å². The second kappa shape index (κ2) is 6.10. The largest absolute Gasteiger partial charge is 0.331 e. The van der Waals surface area contributed by atoms with Crippen LogP contribution >= 0.6 is 11.3 Å². The molecule has 1 aliphatic carbocycles. The molecule has 0 saturated carbocycles. The van der Waals surface area contributed by atoms with Crippen molar-refractivity contribution < 1.29 is 0 Å². The molecular formula is C16H23N3S. The van der Waals surface area contributed by atoms with Crippen molar-refractivity contribution >= 4 is 11.3 Å². The first kappa shape index (κ1) is 13.8. The Morgan fingerprint density at radius 1 is 1.40 bits per heavy atom. The summed E-state index contributed by atoms with van der Waals surface area (Å²) in [5, 5.41) is 5.76. The molecule has 20 heavy (non-hydrogen) atoms. The molecule has 1 unspecified atom stereocenters. The Morgan fingerprint density at radius 2 is 2.25 bits per heavy atom. The van der Waals surface area contributed by atoms with Gasteiger partial charge in [-0.05, 0) is 51.0 Å². The number of fused-ring (bicyclic) bond motifs is 1. The van der Waals surface area contributed by atoms with E-state index in [1.54, 1.807) is 0 Å². The molecule has 1 N–H and O–H groups in total. The van der Waals surface area contributed by atoms with Crippen LogP contribution in [-0.4, -0.2) is 16.1 Å². The predicted octanol–water partition coefficient (Wildman–Crippen LogP) is 3.48. The summed E-state index contributed by atoms with van der Waals surface area (Å²) in [5.74, 6) is 1.18. The maximum absolute atomic E-state index is 4.74. The van der Waals surface area contributed by atoms with Crippen LogP contribution in [0.1, 0.15) is 47.9 Å². The molecule has 0 spiro atoms. The van der Waals surface area contributed by atoms with Crippen LogP contribution in [0.2, 0.25) is 0 Å². The van der Waals surface area contributed by atoms with E-state index in [2.05, 4.69) is 41.2 Å². The van der Waals surface area contributed by atoms with E-state index in [1.165, 1.54) is 47.8 Å². The summed E-state index contributed by atoms with van der Waals surface area (Å²) in [6, 6.07) is 4.76. The SMILES string of the molecule is Cc1nc2c(n1CCNC(C)c1cccs1)CCCC2. The smallest absolute Gasteiger partial charge is 0.106 e. The van der Waals surface area contributed by atoms with Crippen molar-refractivity contribution in [2.75, 3.05) is 6.54 Å². The van der Waals surface area contributed by atoms with Gasteiger partial charge in [0.2, 0.25) is 0 Å². The van der Waals surface area contributed by atoms with Crippen molar-refractivity contribution in [3.63, 3.8) is 0 Å². The topological polar surface area (TPSA) is 29.9 Å². The van der Waals surface area contributed by atoms with E-state index in [1.807, 2.05) is 11.3 Å². The highest BCUT2D eigenvalue weighted by Crippen LogP contribution is 2.22. The molecule has 2 heterocycles. The molecule has 0 amide bonds. The fourth-order valence-electron chi connectivity index (χ4n) is 3.06. The van der Waals surface area contributed by atoms with Crippen molar-refractivity contribution in [3.05, 3.63) is 39.6 Å². The summed E-state index contributed by atoms with van der Waals surface area (Å²) in [4.78, 5) is 6.15. The molecule has 0 bridgehead atoms. The summed E-state index contributed by atoms with van der Waals surface area (Å²) < 4.78 is 2.42. The van der Waals surface area contributed by atoms with E-state index < -0.39 is 0 Å². The van der Waals surface area contributed by atoms with Crippen LogP contribution in [0.4, 0.5) is 0 Å². The number of aryl methyl sites for hydroxylation is 2. The lowest BCUT2D eigenvalue weighted by atomic mass is 10.0. The molecule has 0 saturated heterocycles.